The van der Waals surface area contributed by atoms with Gasteiger partial charge in [0.05, 0.1) is 17.8 Å². The Morgan fingerprint density at radius 3 is 2.52 bits per heavy atom. The van der Waals surface area contributed by atoms with Gasteiger partial charge in [-0.1, -0.05) is 11.6 Å². The van der Waals surface area contributed by atoms with E-state index in [2.05, 4.69) is 14.9 Å². The van der Waals surface area contributed by atoms with Gasteiger partial charge in [0.25, 0.3) is 0 Å². The molecule has 2 heterocycles. The van der Waals surface area contributed by atoms with Gasteiger partial charge in [-0.15, -0.1) is 0 Å². The second-order valence-corrected chi connectivity index (χ2v) is 8.59. The number of nitrogens with two attached hydrogens (primary N) is 1. The van der Waals surface area contributed by atoms with Gasteiger partial charge in [-0.2, -0.15) is 4.98 Å². The van der Waals surface area contributed by atoms with Gasteiger partial charge >= 0.3 is 0 Å². The molecular formula is C25H30ClN5O2. The second kappa shape index (κ2) is 10.3. The van der Waals surface area contributed by atoms with E-state index < -0.39 is 0 Å². The Balaban J connectivity index is 1.53. The summed E-state index contributed by atoms with van der Waals surface area (Å²) in [5.74, 6) is 2.38. The van der Waals surface area contributed by atoms with Gasteiger partial charge in [0.1, 0.15) is 23.9 Å². The van der Waals surface area contributed by atoms with Crippen molar-refractivity contribution in [2.45, 2.75) is 19.8 Å². The van der Waals surface area contributed by atoms with E-state index in [0.717, 1.165) is 34.8 Å². The zero-order valence-electron chi connectivity index (χ0n) is 19.3. The molecule has 0 radical (unpaired) electrons. The van der Waals surface area contributed by atoms with Gasteiger partial charge in [-0.3, -0.25) is 4.90 Å². The van der Waals surface area contributed by atoms with Crippen LogP contribution >= 0.6 is 11.6 Å². The molecule has 1 saturated heterocycles. The number of rotatable bonds is 8. The number of hydrogen-bond acceptors (Lipinski definition) is 7. The van der Waals surface area contributed by atoms with Crippen LogP contribution in [0.3, 0.4) is 0 Å². The average Bonchev–Trinajstić information content (AvgIpc) is 3.34. The van der Waals surface area contributed by atoms with E-state index in [1.54, 1.807) is 13.2 Å². The Morgan fingerprint density at radius 1 is 1.09 bits per heavy atom. The number of aromatic nitrogens is 2. The third kappa shape index (κ3) is 5.31. The first-order valence-corrected chi connectivity index (χ1v) is 11.5. The maximum absolute atomic E-state index is 6.18. The fourth-order valence-corrected chi connectivity index (χ4v) is 4.31. The van der Waals surface area contributed by atoms with Crippen LogP contribution in [0.5, 0.6) is 11.5 Å². The number of anilines is 3. The Morgan fingerprint density at radius 2 is 1.82 bits per heavy atom. The molecule has 0 aliphatic carbocycles. The Hall–Kier alpha value is -3.03. The van der Waals surface area contributed by atoms with E-state index in [-0.39, 0.29) is 5.95 Å². The van der Waals surface area contributed by atoms with E-state index in [1.807, 2.05) is 55.3 Å². The summed E-state index contributed by atoms with van der Waals surface area (Å²) in [5, 5.41) is 0.553. The summed E-state index contributed by atoms with van der Waals surface area (Å²) in [7, 11) is 3.52. The minimum absolute atomic E-state index is 0.212. The van der Waals surface area contributed by atoms with Crippen molar-refractivity contribution in [1.29, 1.82) is 0 Å². The van der Waals surface area contributed by atoms with Crippen molar-refractivity contribution in [2.24, 2.45) is 0 Å². The number of halogens is 1. The molecule has 1 aromatic heterocycles. The van der Waals surface area contributed by atoms with Crippen molar-refractivity contribution in [1.82, 2.24) is 14.9 Å². The number of nitrogens with zero attached hydrogens (tertiary/aromatic N) is 4. The number of methoxy groups -OCH3 is 1. The lowest BCUT2D eigenvalue weighted by atomic mass is 10.1. The molecule has 7 nitrogen and oxygen atoms in total. The van der Waals surface area contributed by atoms with Gasteiger partial charge in [0, 0.05) is 36.5 Å². The largest absolute Gasteiger partial charge is 0.495 e. The lowest BCUT2D eigenvalue weighted by Gasteiger charge is -2.22. The molecule has 0 atom stereocenters. The quantitative estimate of drug-likeness (QED) is 0.502. The predicted octanol–water partition coefficient (Wildman–Crippen LogP) is 4.94. The molecule has 1 aliphatic rings. The zero-order chi connectivity index (χ0) is 23.4. The minimum atomic E-state index is 0.212. The van der Waals surface area contributed by atoms with Gasteiger partial charge < -0.3 is 20.1 Å². The SMILES string of the molecule is COc1cc(N(C)c2nc(N)nc(-c3ccc(OCCN4CCCC4)cc3)c2C)ccc1Cl. The second-order valence-electron chi connectivity index (χ2n) is 8.18. The highest BCUT2D eigenvalue weighted by Gasteiger charge is 2.17. The van der Waals surface area contributed by atoms with Crippen LogP contribution in [-0.2, 0) is 0 Å². The van der Waals surface area contributed by atoms with Gasteiger partial charge in [0.2, 0.25) is 5.95 Å². The van der Waals surface area contributed by atoms with Gasteiger partial charge in [0.15, 0.2) is 0 Å². The highest BCUT2D eigenvalue weighted by Crippen LogP contribution is 2.35. The van der Waals surface area contributed by atoms with Crippen LogP contribution in [0.1, 0.15) is 18.4 Å². The van der Waals surface area contributed by atoms with Crippen molar-refractivity contribution in [3.05, 3.63) is 53.1 Å². The summed E-state index contributed by atoms with van der Waals surface area (Å²) < 4.78 is 11.3. The van der Waals surface area contributed by atoms with Crippen molar-refractivity contribution >= 4 is 29.1 Å². The molecule has 0 spiro atoms. The lowest BCUT2D eigenvalue weighted by Crippen LogP contribution is -2.25. The fourth-order valence-electron chi connectivity index (χ4n) is 4.12. The Bertz CT molecular complexity index is 1100. The third-order valence-electron chi connectivity index (χ3n) is 5.98. The number of likely N-dealkylation sites (tertiary alicyclic amines) is 1. The Labute approximate surface area is 200 Å². The summed E-state index contributed by atoms with van der Waals surface area (Å²) >= 11 is 6.18. The maximum Gasteiger partial charge on any atom is 0.222 e. The number of nitrogen functional groups attached to an aromatic ring is 1. The number of benzene rings is 2. The third-order valence-corrected chi connectivity index (χ3v) is 6.29. The van der Waals surface area contributed by atoms with Crippen LogP contribution in [0.15, 0.2) is 42.5 Å². The molecule has 0 amide bonds. The van der Waals surface area contributed by atoms with Crippen LogP contribution in [0.4, 0.5) is 17.5 Å². The lowest BCUT2D eigenvalue weighted by molar-refractivity contribution is 0.238. The molecule has 8 heteroatoms. The smallest absolute Gasteiger partial charge is 0.222 e. The van der Waals surface area contributed by atoms with Crippen molar-refractivity contribution < 1.29 is 9.47 Å². The van der Waals surface area contributed by atoms with Gasteiger partial charge in [-0.25, -0.2) is 4.98 Å². The van der Waals surface area contributed by atoms with Gasteiger partial charge in [-0.05, 0) is 69.3 Å². The molecule has 3 aromatic rings. The zero-order valence-corrected chi connectivity index (χ0v) is 20.1. The van der Waals surface area contributed by atoms with Crippen LogP contribution in [0.25, 0.3) is 11.3 Å². The molecule has 1 fully saturated rings. The molecule has 33 heavy (non-hydrogen) atoms. The van der Waals surface area contributed by atoms with Crippen LogP contribution in [-0.4, -0.2) is 55.3 Å². The predicted molar refractivity (Wildman–Crippen MR) is 134 cm³/mol. The summed E-state index contributed by atoms with van der Waals surface area (Å²) in [6.07, 6.45) is 2.58. The van der Waals surface area contributed by atoms with Crippen LogP contribution < -0.4 is 20.1 Å². The highest BCUT2D eigenvalue weighted by atomic mass is 35.5. The van der Waals surface area contributed by atoms with Crippen molar-refractivity contribution in [2.75, 3.05) is 51.0 Å². The maximum atomic E-state index is 6.18. The molecule has 0 bridgehead atoms. The highest BCUT2D eigenvalue weighted by molar-refractivity contribution is 6.32. The van der Waals surface area contributed by atoms with Crippen molar-refractivity contribution in [3.63, 3.8) is 0 Å². The topological polar surface area (TPSA) is 76.7 Å². The molecule has 0 saturated carbocycles. The first-order valence-electron chi connectivity index (χ1n) is 11.1. The normalized spacial score (nSPS) is 13.8. The summed E-state index contributed by atoms with van der Waals surface area (Å²) in [6, 6.07) is 13.6. The average molecular weight is 468 g/mol. The van der Waals surface area contributed by atoms with E-state index in [4.69, 9.17) is 26.8 Å². The molecular weight excluding hydrogens is 438 g/mol. The van der Waals surface area contributed by atoms with Crippen LogP contribution in [0, 0.1) is 6.92 Å². The summed E-state index contributed by atoms with van der Waals surface area (Å²) in [4.78, 5) is 13.4. The number of ether oxygens (including phenoxy) is 2. The molecule has 1 aliphatic heterocycles. The van der Waals surface area contributed by atoms with E-state index in [9.17, 15) is 0 Å². The first kappa shape index (κ1) is 23.1. The standard InChI is InChI=1S/C25H30ClN5O2/c1-17-23(18-6-9-20(10-7-18)33-15-14-31-12-4-5-13-31)28-25(27)29-24(17)30(2)19-8-11-21(26)22(16-19)32-3/h6-11,16H,4-5,12-15H2,1-3H3,(H2,27,28,29). The molecule has 2 aromatic carbocycles. The summed E-state index contributed by atoms with van der Waals surface area (Å²) in [6.45, 7) is 6.01. The summed E-state index contributed by atoms with van der Waals surface area (Å²) in [5.41, 5.74) is 9.63. The monoisotopic (exact) mass is 467 g/mol. The first-order chi connectivity index (χ1) is 16.0. The molecule has 2 N–H and O–H groups in total. The van der Waals surface area contributed by atoms with Crippen LogP contribution in [0.2, 0.25) is 5.02 Å². The number of hydrogen-bond donors (Lipinski definition) is 1. The minimum Gasteiger partial charge on any atom is -0.495 e. The van der Waals surface area contributed by atoms with Crippen molar-refractivity contribution in [3.8, 4) is 22.8 Å². The van der Waals surface area contributed by atoms with E-state index in [0.29, 0.717) is 23.2 Å². The molecule has 4 rings (SSSR count). The fraction of sp³-hybridized carbons (Fsp3) is 0.360. The molecule has 0 unspecified atom stereocenters. The van der Waals surface area contributed by atoms with E-state index in [1.165, 1.54) is 25.9 Å². The van der Waals surface area contributed by atoms with E-state index >= 15 is 0 Å². The Kier molecular flexibility index (Phi) is 7.20. The molecule has 174 valence electrons.